The van der Waals surface area contributed by atoms with Crippen LogP contribution in [-0.2, 0) is 20.9 Å². The molecule has 10 nitrogen and oxygen atoms in total. The van der Waals surface area contributed by atoms with E-state index in [1.165, 1.54) is 0 Å². The van der Waals surface area contributed by atoms with Gasteiger partial charge >= 0.3 is 0 Å². The number of nitrogens with zero attached hydrogens (tertiary/aromatic N) is 3. The summed E-state index contributed by atoms with van der Waals surface area (Å²) >= 11 is 1.11. The molecule has 3 N–H and O–H groups in total. The van der Waals surface area contributed by atoms with Gasteiger partial charge in [-0.25, -0.2) is 4.99 Å². The second-order valence-corrected chi connectivity index (χ2v) is 8.44. The van der Waals surface area contributed by atoms with Gasteiger partial charge in [-0.15, -0.1) is 0 Å². The molecule has 1 unspecified atom stereocenters. The summed E-state index contributed by atoms with van der Waals surface area (Å²) in [4.78, 5) is 47.3. The Morgan fingerprint density at radius 1 is 1.15 bits per heavy atom. The van der Waals surface area contributed by atoms with Crippen LogP contribution in [0.2, 0.25) is 0 Å². The van der Waals surface area contributed by atoms with Crippen molar-refractivity contribution in [1.29, 1.82) is 0 Å². The molecule has 33 heavy (non-hydrogen) atoms. The number of carbonyl (C=O) groups excluding carboxylic acids is 3. The third-order valence-electron chi connectivity index (χ3n) is 5.26. The largest absolute Gasteiger partial charge is 0.454 e. The van der Waals surface area contributed by atoms with Crippen molar-refractivity contribution in [3.05, 3.63) is 53.6 Å². The molecule has 168 valence electrons. The predicted molar refractivity (Wildman–Crippen MR) is 121 cm³/mol. The first-order valence-corrected chi connectivity index (χ1v) is 11.1. The number of thioether (sulfide) groups is 1. The maximum Gasteiger partial charge on any atom is 0.271 e. The summed E-state index contributed by atoms with van der Waals surface area (Å²) in [5.41, 5.74) is 7.47. The number of nitrogens with two attached hydrogens (primary N) is 1. The van der Waals surface area contributed by atoms with Gasteiger partial charge in [0.05, 0.1) is 17.9 Å². The number of para-hydroxylation sites is 1. The first-order chi connectivity index (χ1) is 16.0. The summed E-state index contributed by atoms with van der Waals surface area (Å²) in [6.45, 7) is 0.443. The first-order valence-electron chi connectivity index (χ1n) is 10.2. The zero-order valence-electron chi connectivity index (χ0n) is 17.3. The van der Waals surface area contributed by atoms with E-state index in [9.17, 15) is 14.4 Å². The van der Waals surface area contributed by atoms with Crippen molar-refractivity contribution < 1.29 is 23.9 Å². The SMILES string of the molecule is NC(=O)CSC1=Nc2ccccc2C2=NC(=O)C(CC(=O)NCc3ccc4c(c3)OCO4)N12. The lowest BCUT2D eigenvalue weighted by Crippen LogP contribution is -2.46. The number of rotatable bonds is 6. The van der Waals surface area contributed by atoms with E-state index in [0.29, 0.717) is 33.8 Å². The van der Waals surface area contributed by atoms with E-state index >= 15 is 0 Å². The Morgan fingerprint density at radius 2 is 1.97 bits per heavy atom. The number of aliphatic imine (C=N–C) groups is 2. The second kappa shape index (κ2) is 8.58. The number of benzene rings is 2. The van der Waals surface area contributed by atoms with Crippen LogP contribution in [0.4, 0.5) is 5.69 Å². The van der Waals surface area contributed by atoms with E-state index < -0.39 is 17.9 Å². The number of ether oxygens (including phenoxy) is 2. The maximum absolute atomic E-state index is 12.8. The topological polar surface area (TPSA) is 136 Å². The molecular formula is C22H19N5O5S. The van der Waals surface area contributed by atoms with Gasteiger partial charge in [0.25, 0.3) is 5.91 Å². The lowest BCUT2D eigenvalue weighted by atomic mass is 10.1. The average Bonchev–Trinajstić information content (AvgIpc) is 3.40. The molecule has 0 radical (unpaired) electrons. The van der Waals surface area contributed by atoms with E-state index in [4.69, 9.17) is 15.2 Å². The van der Waals surface area contributed by atoms with Crippen LogP contribution in [0.3, 0.4) is 0 Å². The average molecular weight is 465 g/mol. The smallest absolute Gasteiger partial charge is 0.271 e. The minimum absolute atomic E-state index is 0.0119. The lowest BCUT2D eigenvalue weighted by Gasteiger charge is -2.30. The Bertz CT molecular complexity index is 1230. The summed E-state index contributed by atoms with van der Waals surface area (Å²) in [7, 11) is 0. The minimum Gasteiger partial charge on any atom is -0.454 e. The fourth-order valence-electron chi connectivity index (χ4n) is 3.74. The van der Waals surface area contributed by atoms with Gasteiger partial charge in [-0.2, -0.15) is 4.99 Å². The molecule has 3 heterocycles. The standard InChI is InChI=1S/C22H19N5O5S/c23-18(28)10-33-22-25-14-4-2-1-3-13(14)20-26-21(30)15(27(20)22)8-19(29)24-9-12-5-6-16-17(7-12)32-11-31-16/h1-7,15H,8-11H2,(H2,23,28)(H,24,29). The van der Waals surface area contributed by atoms with Crippen molar-refractivity contribution in [2.75, 3.05) is 12.5 Å². The molecular weight excluding hydrogens is 446 g/mol. The number of amidine groups is 2. The van der Waals surface area contributed by atoms with Gasteiger partial charge in [-0.3, -0.25) is 19.3 Å². The molecule has 0 aliphatic carbocycles. The number of fused-ring (bicyclic) bond motifs is 4. The third kappa shape index (κ3) is 4.14. The van der Waals surface area contributed by atoms with E-state index in [1.807, 2.05) is 24.3 Å². The molecule has 3 amide bonds. The number of carbonyl (C=O) groups is 3. The Labute approximate surface area is 192 Å². The van der Waals surface area contributed by atoms with Gasteiger partial charge < -0.3 is 20.5 Å². The van der Waals surface area contributed by atoms with Crippen molar-refractivity contribution in [2.45, 2.75) is 19.0 Å². The quantitative estimate of drug-likeness (QED) is 0.656. The number of nitrogens with one attached hydrogen (secondary N) is 1. The van der Waals surface area contributed by atoms with E-state index in [2.05, 4.69) is 15.3 Å². The third-order valence-corrected chi connectivity index (χ3v) is 6.23. The van der Waals surface area contributed by atoms with Crippen LogP contribution in [-0.4, -0.2) is 52.2 Å². The summed E-state index contributed by atoms with van der Waals surface area (Å²) in [6, 6.07) is 11.8. The van der Waals surface area contributed by atoms with Gasteiger partial charge in [0.15, 0.2) is 16.7 Å². The van der Waals surface area contributed by atoms with Crippen LogP contribution in [0.5, 0.6) is 11.5 Å². The van der Waals surface area contributed by atoms with Crippen molar-refractivity contribution in [3.8, 4) is 11.5 Å². The van der Waals surface area contributed by atoms with E-state index in [1.54, 1.807) is 23.1 Å². The Hall–Kier alpha value is -3.86. The highest BCUT2D eigenvalue weighted by Crippen LogP contribution is 2.35. The van der Waals surface area contributed by atoms with Crippen LogP contribution < -0.4 is 20.5 Å². The van der Waals surface area contributed by atoms with Crippen molar-refractivity contribution in [1.82, 2.24) is 10.2 Å². The molecule has 2 aromatic rings. The molecule has 0 bridgehead atoms. The number of primary amides is 1. The maximum atomic E-state index is 12.8. The van der Waals surface area contributed by atoms with Gasteiger partial charge in [0.1, 0.15) is 11.9 Å². The molecule has 0 saturated carbocycles. The molecule has 11 heteroatoms. The van der Waals surface area contributed by atoms with E-state index in [-0.39, 0.29) is 31.4 Å². The zero-order valence-corrected chi connectivity index (χ0v) is 18.1. The zero-order chi connectivity index (χ0) is 22.9. The van der Waals surface area contributed by atoms with Gasteiger partial charge in [0, 0.05) is 12.1 Å². The molecule has 0 spiro atoms. The summed E-state index contributed by atoms with van der Waals surface area (Å²) in [5.74, 6) is 0.437. The van der Waals surface area contributed by atoms with E-state index in [0.717, 1.165) is 17.3 Å². The fourth-order valence-corrected chi connectivity index (χ4v) is 4.52. The monoisotopic (exact) mass is 465 g/mol. The molecule has 3 aliphatic rings. The van der Waals surface area contributed by atoms with Gasteiger partial charge in [-0.1, -0.05) is 30.0 Å². The molecule has 5 rings (SSSR count). The van der Waals surface area contributed by atoms with Crippen molar-refractivity contribution in [2.24, 2.45) is 15.7 Å². The first kappa shape index (κ1) is 21.0. The Balaban J connectivity index is 1.31. The lowest BCUT2D eigenvalue weighted by molar-refractivity contribution is -0.126. The van der Waals surface area contributed by atoms with Gasteiger partial charge in [0.2, 0.25) is 18.6 Å². The molecule has 1 atom stereocenters. The number of amides is 3. The van der Waals surface area contributed by atoms with Crippen LogP contribution in [0.1, 0.15) is 17.5 Å². The highest BCUT2D eigenvalue weighted by Gasteiger charge is 2.42. The summed E-state index contributed by atoms with van der Waals surface area (Å²) in [5, 5.41) is 3.24. The van der Waals surface area contributed by atoms with Crippen LogP contribution in [0, 0.1) is 0 Å². The predicted octanol–water partition coefficient (Wildman–Crippen LogP) is 1.30. The number of hydrogen-bond acceptors (Lipinski definition) is 8. The second-order valence-electron chi connectivity index (χ2n) is 7.49. The Morgan fingerprint density at radius 3 is 2.82 bits per heavy atom. The molecule has 0 fully saturated rings. The highest BCUT2D eigenvalue weighted by atomic mass is 32.2. The molecule has 2 aromatic carbocycles. The minimum atomic E-state index is -0.857. The normalized spacial score (nSPS) is 17.8. The summed E-state index contributed by atoms with van der Waals surface area (Å²) < 4.78 is 10.6. The fraction of sp³-hybridized carbons (Fsp3) is 0.227. The Kier molecular flexibility index (Phi) is 5.47. The molecule has 0 aromatic heterocycles. The van der Waals surface area contributed by atoms with Crippen LogP contribution in [0.15, 0.2) is 52.4 Å². The van der Waals surface area contributed by atoms with Crippen LogP contribution in [0.25, 0.3) is 0 Å². The molecule has 3 aliphatic heterocycles. The van der Waals surface area contributed by atoms with Crippen LogP contribution >= 0.6 is 11.8 Å². The highest BCUT2D eigenvalue weighted by molar-refractivity contribution is 8.14. The summed E-state index contributed by atoms with van der Waals surface area (Å²) in [6.07, 6.45) is -0.116. The molecule has 0 saturated heterocycles. The van der Waals surface area contributed by atoms with Crippen molar-refractivity contribution >= 4 is 46.2 Å². The van der Waals surface area contributed by atoms with Crippen molar-refractivity contribution in [3.63, 3.8) is 0 Å². The number of hydrogen-bond donors (Lipinski definition) is 2. The van der Waals surface area contributed by atoms with Gasteiger partial charge in [-0.05, 0) is 29.8 Å².